The largest absolute Gasteiger partial charge is 0.325 e. The van der Waals surface area contributed by atoms with Crippen molar-refractivity contribution in [1.29, 1.82) is 0 Å². The molecule has 0 aliphatic heterocycles. The number of nitrogens with one attached hydrogen (secondary N) is 1. The molecular formula is C21H30N4OS. The van der Waals surface area contributed by atoms with Crippen molar-refractivity contribution >= 4 is 23.4 Å². The maximum Gasteiger partial charge on any atom is 0.234 e. The van der Waals surface area contributed by atoms with Crippen LogP contribution >= 0.6 is 11.8 Å². The summed E-state index contributed by atoms with van der Waals surface area (Å²) in [5, 5.41) is 12.5. The van der Waals surface area contributed by atoms with Crippen LogP contribution in [0.25, 0.3) is 0 Å². The SMILES string of the molecule is CCn1c(CCC2CCCCC2)nnc1SCC(=O)Nc1cccc(C)c1. The highest BCUT2D eigenvalue weighted by atomic mass is 32.2. The Morgan fingerprint density at radius 2 is 2.07 bits per heavy atom. The van der Waals surface area contributed by atoms with Crippen molar-refractivity contribution in [3.8, 4) is 0 Å². The fourth-order valence-corrected chi connectivity index (χ4v) is 4.61. The molecule has 1 N–H and O–H groups in total. The van der Waals surface area contributed by atoms with Gasteiger partial charge in [-0.15, -0.1) is 10.2 Å². The molecule has 0 radical (unpaired) electrons. The van der Waals surface area contributed by atoms with E-state index in [4.69, 9.17) is 0 Å². The molecule has 2 aromatic rings. The smallest absolute Gasteiger partial charge is 0.234 e. The summed E-state index contributed by atoms with van der Waals surface area (Å²) in [6.07, 6.45) is 9.07. The van der Waals surface area contributed by atoms with Crippen LogP contribution in [-0.4, -0.2) is 26.4 Å². The molecule has 3 rings (SSSR count). The van der Waals surface area contributed by atoms with Gasteiger partial charge in [0.25, 0.3) is 0 Å². The molecule has 0 bridgehead atoms. The number of rotatable bonds is 8. The molecule has 146 valence electrons. The van der Waals surface area contributed by atoms with E-state index in [1.165, 1.54) is 50.3 Å². The lowest BCUT2D eigenvalue weighted by Crippen LogP contribution is -2.15. The number of benzene rings is 1. The van der Waals surface area contributed by atoms with Crippen LogP contribution in [0.4, 0.5) is 5.69 Å². The fourth-order valence-electron chi connectivity index (χ4n) is 3.79. The molecule has 1 aliphatic rings. The average Bonchev–Trinajstić information content (AvgIpc) is 3.07. The van der Waals surface area contributed by atoms with Crippen LogP contribution in [0, 0.1) is 12.8 Å². The van der Waals surface area contributed by atoms with Gasteiger partial charge in [0.1, 0.15) is 5.82 Å². The molecule has 1 saturated carbocycles. The van der Waals surface area contributed by atoms with Gasteiger partial charge in [-0.05, 0) is 43.9 Å². The van der Waals surface area contributed by atoms with E-state index in [1.54, 1.807) is 0 Å². The Bertz CT molecular complexity index is 752. The van der Waals surface area contributed by atoms with Crippen LogP contribution in [-0.2, 0) is 17.8 Å². The Hall–Kier alpha value is -1.82. The molecule has 1 heterocycles. The highest BCUT2D eigenvalue weighted by molar-refractivity contribution is 7.99. The van der Waals surface area contributed by atoms with Crippen LogP contribution in [0.1, 0.15) is 56.8 Å². The summed E-state index contributed by atoms with van der Waals surface area (Å²) in [6.45, 7) is 4.97. The standard InChI is InChI=1S/C21H30N4OS/c1-3-25-19(13-12-17-9-5-4-6-10-17)23-24-21(25)27-15-20(26)22-18-11-7-8-16(2)14-18/h7-8,11,14,17H,3-6,9-10,12-13,15H2,1-2H3,(H,22,26). The van der Waals surface area contributed by atoms with Gasteiger partial charge < -0.3 is 9.88 Å². The summed E-state index contributed by atoms with van der Waals surface area (Å²) >= 11 is 1.46. The van der Waals surface area contributed by atoms with Gasteiger partial charge in [0.05, 0.1) is 5.75 Å². The second-order valence-corrected chi connectivity index (χ2v) is 8.33. The zero-order valence-corrected chi connectivity index (χ0v) is 17.2. The summed E-state index contributed by atoms with van der Waals surface area (Å²) in [5.74, 6) is 2.23. The Morgan fingerprint density at radius 1 is 1.26 bits per heavy atom. The molecule has 1 aliphatic carbocycles. The second-order valence-electron chi connectivity index (χ2n) is 7.39. The highest BCUT2D eigenvalue weighted by Gasteiger charge is 2.17. The first kappa shape index (κ1) is 19.9. The van der Waals surface area contributed by atoms with E-state index in [0.29, 0.717) is 5.75 Å². The number of thioether (sulfide) groups is 1. The first-order valence-corrected chi connectivity index (χ1v) is 11.1. The summed E-state index contributed by atoms with van der Waals surface area (Å²) < 4.78 is 2.16. The van der Waals surface area contributed by atoms with E-state index < -0.39 is 0 Å². The predicted octanol–water partition coefficient (Wildman–Crippen LogP) is 4.85. The number of hydrogen-bond donors (Lipinski definition) is 1. The monoisotopic (exact) mass is 386 g/mol. The van der Waals surface area contributed by atoms with Crippen molar-refractivity contribution in [1.82, 2.24) is 14.8 Å². The molecule has 1 amide bonds. The third-order valence-corrected chi connectivity index (χ3v) is 6.21. The highest BCUT2D eigenvalue weighted by Crippen LogP contribution is 2.28. The van der Waals surface area contributed by atoms with Crippen molar-refractivity contribution in [2.45, 2.75) is 70.5 Å². The van der Waals surface area contributed by atoms with Gasteiger partial charge in [-0.1, -0.05) is 56.0 Å². The van der Waals surface area contributed by atoms with E-state index in [2.05, 4.69) is 27.0 Å². The summed E-state index contributed by atoms with van der Waals surface area (Å²) in [7, 11) is 0. The van der Waals surface area contributed by atoms with E-state index in [0.717, 1.165) is 41.1 Å². The normalized spacial score (nSPS) is 15.0. The number of amides is 1. The topological polar surface area (TPSA) is 59.8 Å². The molecule has 0 saturated heterocycles. The molecule has 1 aromatic carbocycles. The number of anilines is 1. The minimum Gasteiger partial charge on any atom is -0.325 e. The fraction of sp³-hybridized carbons (Fsp3) is 0.571. The lowest BCUT2D eigenvalue weighted by Gasteiger charge is -2.21. The maximum absolute atomic E-state index is 12.2. The molecule has 1 aromatic heterocycles. The molecular weight excluding hydrogens is 356 g/mol. The van der Waals surface area contributed by atoms with Crippen LogP contribution in [0.2, 0.25) is 0 Å². The quantitative estimate of drug-likeness (QED) is 0.659. The van der Waals surface area contributed by atoms with Crippen molar-refractivity contribution in [2.24, 2.45) is 5.92 Å². The number of nitrogens with zero attached hydrogens (tertiary/aromatic N) is 3. The van der Waals surface area contributed by atoms with Gasteiger partial charge in [-0.3, -0.25) is 4.79 Å². The third kappa shape index (κ3) is 5.83. The van der Waals surface area contributed by atoms with E-state index in [9.17, 15) is 4.79 Å². The van der Waals surface area contributed by atoms with E-state index in [1.807, 2.05) is 31.2 Å². The summed E-state index contributed by atoms with van der Waals surface area (Å²) in [6, 6.07) is 7.85. The lowest BCUT2D eigenvalue weighted by molar-refractivity contribution is -0.113. The minimum atomic E-state index is -0.0139. The molecule has 1 fully saturated rings. The van der Waals surface area contributed by atoms with Crippen molar-refractivity contribution in [2.75, 3.05) is 11.1 Å². The van der Waals surface area contributed by atoms with Crippen LogP contribution in [0.5, 0.6) is 0 Å². The Balaban J connectivity index is 1.52. The van der Waals surface area contributed by atoms with Crippen LogP contribution in [0.15, 0.2) is 29.4 Å². The Labute approximate surface area is 166 Å². The van der Waals surface area contributed by atoms with Gasteiger partial charge >= 0.3 is 0 Å². The number of hydrogen-bond acceptors (Lipinski definition) is 4. The summed E-state index contributed by atoms with van der Waals surface area (Å²) in [4.78, 5) is 12.2. The van der Waals surface area contributed by atoms with Crippen molar-refractivity contribution < 1.29 is 4.79 Å². The van der Waals surface area contributed by atoms with Crippen LogP contribution < -0.4 is 5.32 Å². The molecule has 0 atom stereocenters. The Morgan fingerprint density at radius 3 is 2.81 bits per heavy atom. The average molecular weight is 387 g/mol. The Kier molecular flexibility index (Phi) is 7.33. The van der Waals surface area contributed by atoms with Gasteiger partial charge in [-0.2, -0.15) is 0 Å². The van der Waals surface area contributed by atoms with E-state index in [-0.39, 0.29) is 5.91 Å². The van der Waals surface area contributed by atoms with Crippen LogP contribution in [0.3, 0.4) is 0 Å². The minimum absolute atomic E-state index is 0.0139. The van der Waals surface area contributed by atoms with Crippen molar-refractivity contribution in [3.05, 3.63) is 35.7 Å². The van der Waals surface area contributed by atoms with Gasteiger partial charge in [0.15, 0.2) is 5.16 Å². The van der Waals surface area contributed by atoms with Gasteiger partial charge in [0.2, 0.25) is 5.91 Å². The predicted molar refractivity (Wildman–Crippen MR) is 111 cm³/mol. The number of aromatic nitrogens is 3. The van der Waals surface area contributed by atoms with Gasteiger partial charge in [0, 0.05) is 18.7 Å². The maximum atomic E-state index is 12.2. The summed E-state index contributed by atoms with van der Waals surface area (Å²) in [5.41, 5.74) is 1.97. The first-order valence-electron chi connectivity index (χ1n) is 10.1. The molecule has 0 unspecified atom stereocenters. The number of aryl methyl sites for hydroxylation is 2. The van der Waals surface area contributed by atoms with Crippen molar-refractivity contribution in [3.63, 3.8) is 0 Å². The molecule has 0 spiro atoms. The van der Waals surface area contributed by atoms with Gasteiger partial charge in [-0.25, -0.2) is 0 Å². The molecule has 6 heteroatoms. The van der Waals surface area contributed by atoms with E-state index >= 15 is 0 Å². The molecule has 27 heavy (non-hydrogen) atoms. The first-order chi connectivity index (χ1) is 13.2. The number of carbonyl (C=O) groups is 1. The lowest BCUT2D eigenvalue weighted by atomic mass is 9.86. The zero-order valence-electron chi connectivity index (χ0n) is 16.4. The zero-order chi connectivity index (χ0) is 19.1. The molecule has 5 nitrogen and oxygen atoms in total. The third-order valence-electron chi connectivity index (χ3n) is 5.24. The number of carbonyl (C=O) groups excluding carboxylic acids is 1. The second kappa shape index (κ2) is 9.93.